The van der Waals surface area contributed by atoms with Crippen molar-refractivity contribution in [3.63, 3.8) is 0 Å². The molecule has 4 aromatic rings. The molecule has 4 nitrogen and oxygen atoms in total. The van der Waals surface area contributed by atoms with Gasteiger partial charge in [0.1, 0.15) is 11.8 Å². The van der Waals surface area contributed by atoms with Crippen LogP contribution in [0.5, 0.6) is 0 Å². The van der Waals surface area contributed by atoms with E-state index in [4.69, 9.17) is 0 Å². The summed E-state index contributed by atoms with van der Waals surface area (Å²) in [6.45, 7) is 0. The standard InChI is InChI=1S/C17H10N4/c18-11-17-15(10-13-3-1-2-4-16(13)20-17)12-6-8-21-14(9-12)5-7-19-21/h1-10H. The van der Waals surface area contributed by atoms with Crippen LogP contribution in [0.3, 0.4) is 0 Å². The van der Waals surface area contributed by atoms with Gasteiger partial charge in [0.05, 0.1) is 11.0 Å². The fourth-order valence-electron chi connectivity index (χ4n) is 2.51. The highest BCUT2D eigenvalue weighted by atomic mass is 15.2. The van der Waals surface area contributed by atoms with Gasteiger partial charge in [0.25, 0.3) is 0 Å². The third-order valence-corrected chi connectivity index (χ3v) is 3.54. The molecule has 0 N–H and O–H groups in total. The van der Waals surface area contributed by atoms with Gasteiger partial charge in [-0.15, -0.1) is 0 Å². The molecule has 98 valence electrons. The van der Waals surface area contributed by atoms with E-state index in [1.165, 1.54) is 0 Å². The number of nitrogens with zero attached hydrogens (tertiary/aromatic N) is 4. The molecular formula is C17H10N4. The van der Waals surface area contributed by atoms with E-state index in [9.17, 15) is 5.26 Å². The molecular weight excluding hydrogens is 260 g/mol. The van der Waals surface area contributed by atoms with Crippen molar-refractivity contribution >= 4 is 16.4 Å². The number of para-hydroxylation sites is 1. The first-order valence-electron chi connectivity index (χ1n) is 6.59. The van der Waals surface area contributed by atoms with Crippen molar-refractivity contribution in [3.05, 3.63) is 66.6 Å². The molecule has 0 aliphatic rings. The number of hydrogen-bond acceptors (Lipinski definition) is 3. The lowest BCUT2D eigenvalue weighted by molar-refractivity contribution is 0.962. The molecule has 0 unspecified atom stereocenters. The fraction of sp³-hybridized carbons (Fsp3) is 0. The van der Waals surface area contributed by atoms with Gasteiger partial charge < -0.3 is 0 Å². The van der Waals surface area contributed by atoms with Crippen molar-refractivity contribution in [2.75, 3.05) is 0 Å². The van der Waals surface area contributed by atoms with Gasteiger partial charge in [0.2, 0.25) is 0 Å². The molecule has 0 amide bonds. The van der Waals surface area contributed by atoms with Gasteiger partial charge in [-0.3, -0.25) is 0 Å². The van der Waals surface area contributed by atoms with Gasteiger partial charge >= 0.3 is 0 Å². The zero-order chi connectivity index (χ0) is 14.2. The summed E-state index contributed by atoms with van der Waals surface area (Å²) in [5, 5.41) is 14.6. The first-order valence-corrected chi connectivity index (χ1v) is 6.59. The summed E-state index contributed by atoms with van der Waals surface area (Å²) < 4.78 is 1.80. The van der Waals surface area contributed by atoms with E-state index in [0.717, 1.165) is 27.5 Å². The second kappa shape index (κ2) is 4.43. The van der Waals surface area contributed by atoms with Crippen LogP contribution in [0.4, 0.5) is 0 Å². The minimum Gasteiger partial charge on any atom is -0.241 e. The monoisotopic (exact) mass is 270 g/mol. The van der Waals surface area contributed by atoms with E-state index < -0.39 is 0 Å². The van der Waals surface area contributed by atoms with Gasteiger partial charge in [-0.05, 0) is 35.9 Å². The van der Waals surface area contributed by atoms with E-state index >= 15 is 0 Å². The smallest absolute Gasteiger partial charge is 0.149 e. The molecule has 0 saturated carbocycles. The van der Waals surface area contributed by atoms with Crippen molar-refractivity contribution in [1.82, 2.24) is 14.6 Å². The lowest BCUT2D eigenvalue weighted by Crippen LogP contribution is -1.92. The van der Waals surface area contributed by atoms with Crippen LogP contribution >= 0.6 is 0 Å². The van der Waals surface area contributed by atoms with E-state index in [1.807, 2.05) is 54.7 Å². The maximum Gasteiger partial charge on any atom is 0.149 e. The Morgan fingerprint density at radius 3 is 2.86 bits per heavy atom. The Bertz CT molecular complexity index is 1010. The largest absolute Gasteiger partial charge is 0.241 e. The maximum atomic E-state index is 9.38. The molecule has 0 saturated heterocycles. The zero-order valence-electron chi connectivity index (χ0n) is 11.1. The second-order valence-electron chi connectivity index (χ2n) is 4.81. The summed E-state index contributed by atoms with van der Waals surface area (Å²) in [5.74, 6) is 0. The molecule has 0 fully saturated rings. The first kappa shape index (κ1) is 11.6. The van der Waals surface area contributed by atoms with Gasteiger partial charge in [-0.25, -0.2) is 9.50 Å². The highest BCUT2D eigenvalue weighted by molar-refractivity contribution is 5.86. The van der Waals surface area contributed by atoms with Crippen LogP contribution in [0, 0.1) is 11.3 Å². The lowest BCUT2D eigenvalue weighted by Gasteiger charge is -2.06. The molecule has 0 atom stereocenters. The summed E-state index contributed by atoms with van der Waals surface area (Å²) in [5.41, 5.74) is 4.09. The highest BCUT2D eigenvalue weighted by Crippen LogP contribution is 2.27. The van der Waals surface area contributed by atoms with Crippen LogP contribution in [0.1, 0.15) is 5.69 Å². The Morgan fingerprint density at radius 1 is 1.05 bits per heavy atom. The average Bonchev–Trinajstić information content (AvgIpc) is 3.01. The quantitative estimate of drug-likeness (QED) is 0.532. The van der Waals surface area contributed by atoms with E-state index in [2.05, 4.69) is 16.2 Å². The molecule has 4 rings (SSSR count). The number of fused-ring (bicyclic) bond motifs is 2. The van der Waals surface area contributed by atoms with Crippen LogP contribution in [0.15, 0.2) is 60.9 Å². The Labute approximate surface area is 120 Å². The van der Waals surface area contributed by atoms with Gasteiger partial charge in [0.15, 0.2) is 0 Å². The van der Waals surface area contributed by atoms with Crippen LogP contribution in [0.25, 0.3) is 27.5 Å². The Hall–Kier alpha value is -3.19. The average molecular weight is 270 g/mol. The normalized spacial score (nSPS) is 10.8. The van der Waals surface area contributed by atoms with Crippen molar-refractivity contribution in [3.8, 4) is 17.2 Å². The summed E-state index contributed by atoms with van der Waals surface area (Å²) in [4.78, 5) is 4.45. The number of nitriles is 1. The molecule has 0 aliphatic carbocycles. The van der Waals surface area contributed by atoms with Crippen LogP contribution < -0.4 is 0 Å². The minimum absolute atomic E-state index is 0.442. The van der Waals surface area contributed by atoms with Crippen LogP contribution in [0.2, 0.25) is 0 Å². The SMILES string of the molecule is N#Cc1nc2ccccc2cc1-c1ccn2nccc2c1. The zero-order valence-corrected chi connectivity index (χ0v) is 11.1. The van der Waals surface area contributed by atoms with Gasteiger partial charge in [0, 0.05) is 23.3 Å². The Morgan fingerprint density at radius 2 is 1.95 bits per heavy atom. The van der Waals surface area contributed by atoms with Crippen molar-refractivity contribution < 1.29 is 0 Å². The third-order valence-electron chi connectivity index (χ3n) is 3.54. The molecule has 0 radical (unpaired) electrons. The Balaban J connectivity index is 2.01. The Kier molecular flexibility index (Phi) is 2.45. The minimum atomic E-state index is 0.442. The van der Waals surface area contributed by atoms with E-state index in [0.29, 0.717) is 5.69 Å². The second-order valence-corrected chi connectivity index (χ2v) is 4.81. The molecule has 0 bridgehead atoms. The van der Waals surface area contributed by atoms with Crippen molar-refractivity contribution in [1.29, 1.82) is 5.26 Å². The summed E-state index contributed by atoms with van der Waals surface area (Å²) in [6, 6.07) is 17.9. The molecule has 4 heteroatoms. The topological polar surface area (TPSA) is 54.0 Å². The van der Waals surface area contributed by atoms with Crippen molar-refractivity contribution in [2.45, 2.75) is 0 Å². The van der Waals surface area contributed by atoms with E-state index in [1.54, 1.807) is 10.7 Å². The highest BCUT2D eigenvalue weighted by Gasteiger charge is 2.09. The summed E-state index contributed by atoms with van der Waals surface area (Å²) in [6.07, 6.45) is 3.64. The van der Waals surface area contributed by atoms with Crippen LogP contribution in [-0.4, -0.2) is 14.6 Å². The molecule has 3 aromatic heterocycles. The number of benzene rings is 1. The number of hydrogen-bond donors (Lipinski definition) is 0. The number of rotatable bonds is 1. The van der Waals surface area contributed by atoms with Crippen molar-refractivity contribution in [2.24, 2.45) is 0 Å². The first-order chi connectivity index (χ1) is 10.3. The molecule has 21 heavy (non-hydrogen) atoms. The van der Waals surface area contributed by atoms with Gasteiger partial charge in [-0.2, -0.15) is 10.4 Å². The lowest BCUT2D eigenvalue weighted by atomic mass is 10.0. The predicted octanol–water partition coefficient (Wildman–Crippen LogP) is 3.42. The third kappa shape index (κ3) is 1.84. The molecule has 0 spiro atoms. The molecule has 3 heterocycles. The predicted molar refractivity (Wildman–Crippen MR) is 80.6 cm³/mol. The van der Waals surface area contributed by atoms with E-state index in [-0.39, 0.29) is 0 Å². The summed E-state index contributed by atoms with van der Waals surface area (Å²) >= 11 is 0. The van der Waals surface area contributed by atoms with Crippen LogP contribution in [-0.2, 0) is 0 Å². The van der Waals surface area contributed by atoms with Gasteiger partial charge in [-0.1, -0.05) is 18.2 Å². The number of aromatic nitrogens is 3. The summed E-state index contributed by atoms with van der Waals surface area (Å²) in [7, 11) is 0. The molecule has 1 aromatic carbocycles. The fourth-order valence-corrected chi connectivity index (χ4v) is 2.51. The molecule has 0 aliphatic heterocycles. The maximum absolute atomic E-state index is 9.38. The number of pyridine rings is 2.